The Morgan fingerprint density at radius 1 is 0.921 bits per heavy atom. The zero-order chi connectivity index (χ0) is 26.8. The van der Waals surface area contributed by atoms with Crippen LogP contribution in [-0.4, -0.2) is 24.8 Å². The van der Waals surface area contributed by atoms with Gasteiger partial charge in [0.1, 0.15) is 11.5 Å². The molecular weight excluding hydrogens is 476 g/mol. The standard InChI is InChI=1S/C32H32N2O4/c1-20-4-8-26(9-5-20)38-27-10-11-28-29(18-27)32(37)34(31(28)36)30-21(2)14-25(15-22(30)3)17-24-7-6-23(16-24)12-13-33-19-35/h4-5,7-11,14-15,18-19,23H,6,12-13,16-17H2,1-3H3,(H,33,35)/t23-/m1/s1. The van der Waals surface area contributed by atoms with Crippen LogP contribution in [-0.2, 0) is 11.2 Å². The van der Waals surface area contributed by atoms with Crippen molar-refractivity contribution in [1.29, 1.82) is 0 Å². The fraction of sp³-hybridized carbons (Fsp3) is 0.281. The topological polar surface area (TPSA) is 75.7 Å². The Bertz CT molecular complexity index is 1420. The summed E-state index contributed by atoms with van der Waals surface area (Å²) in [6, 6.07) is 16.9. The van der Waals surface area contributed by atoms with E-state index in [2.05, 4.69) is 23.5 Å². The number of benzene rings is 3. The second kappa shape index (κ2) is 10.7. The van der Waals surface area contributed by atoms with Crippen LogP contribution < -0.4 is 15.0 Å². The third-order valence-corrected chi connectivity index (χ3v) is 7.39. The van der Waals surface area contributed by atoms with E-state index in [0.29, 0.717) is 40.8 Å². The largest absolute Gasteiger partial charge is 0.457 e. The van der Waals surface area contributed by atoms with Gasteiger partial charge in [-0.25, -0.2) is 4.90 Å². The zero-order valence-corrected chi connectivity index (χ0v) is 22.0. The summed E-state index contributed by atoms with van der Waals surface area (Å²) >= 11 is 0. The summed E-state index contributed by atoms with van der Waals surface area (Å²) in [6.07, 6.45) is 6.96. The molecule has 0 bridgehead atoms. The highest BCUT2D eigenvalue weighted by molar-refractivity contribution is 6.35. The Morgan fingerprint density at radius 3 is 2.32 bits per heavy atom. The molecule has 1 heterocycles. The van der Waals surface area contributed by atoms with E-state index in [-0.39, 0.29) is 11.8 Å². The van der Waals surface area contributed by atoms with Gasteiger partial charge in [0.25, 0.3) is 11.8 Å². The van der Waals surface area contributed by atoms with Gasteiger partial charge in [0.15, 0.2) is 0 Å². The minimum atomic E-state index is -0.330. The first kappa shape index (κ1) is 25.5. The van der Waals surface area contributed by atoms with Crippen LogP contribution in [0.2, 0.25) is 0 Å². The van der Waals surface area contributed by atoms with Crippen molar-refractivity contribution in [2.24, 2.45) is 5.92 Å². The van der Waals surface area contributed by atoms with Crippen molar-refractivity contribution in [1.82, 2.24) is 5.32 Å². The molecule has 0 fully saturated rings. The molecule has 0 saturated heterocycles. The van der Waals surface area contributed by atoms with Gasteiger partial charge in [-0.1, -0.05) is 41.5 Å². The van der Waals surface area contributed by atoms with Crippen LogP contribution in [0.15, 0.2) is 66.2 Å². The first-order valence-corrected chi connectivity index (χ1v) is 13.1. The van der Waals surface area contributed by atoms with Gasteiger partial charge < -0.3 is 10.1 Å². The molecule has 6 heteroatoms. The van der Waals surface area contributed by atoms with Crippen LogP contribution in [0.4, 0.5) is 5.69 Å². The summed E-state index contributed by atoms with van der Waals surface area (Å²) in [4.78, 5) is 38.6. The van der Waals surface area contributed by atoms with Crippen molar-refractivity contribution in [2.45, 2.75) is 46.5 Å². The van der Waals surface area contributed by atoms with Gasteiger partial charge in [-0.2, -0.15) is 0 Å². The fourth-order valence-corrected chi connectivity index (χ4v) is 5.57. The summed E-state index contributed by atoms with van der Waals surface area (Å²) in [6.45, 7) is 6.63. The second-order valence-electron chi connectivity index (χ2n) is 10.4. The van der Waals surface area contributed by atoms with E-state index in [9.17, 15) is 14.4 Å². The van der Waals surface area contributed by atoms with Gasteiger partial charge in [0.05, 0.1) is 16.8 Å². The molecule has 1 atom stereocenters. The van der Waals surface area contributed by atoms with Crippen molar-refractivity contribution in [2.75, 3.05) is 11.4 Å². The Balaban J connectivity index is 1.32. The molecule has 5 rings (SSSR count). The maximum Gasteiger partial charge on any atom is 0.266 e. The number of fused-ring (bicyclic) bond motifs is 1. The van der Waals surface area contributed by atoms with E-state index >= 15 is 0 Å². The molecule has 194 valence electrons. The van der Waals surface area contributed by atoms with Crippen LogP contribution in [0, 0.1) is 26.7 Å². The highest BCUT2D eigenvalue weighted by Gasteiger charge is 2.38. The number of carbonyl (C=O) groups is 3. The SMILES string of the molecule is Cc1ccc(Oc2ccc3c(c2)C(=O)N(c2c(C)cc(CC4=CC[C@H](CCNC=O)C4)cc2C)C3=O)cc1. The lowest BCUT2D eigenvalue weighted by Crippen LogP contribution is -2.30. The number of carbonyl (C=O) groups excluding carboxylic acids is 3. The first-order chi connectivity index (χ1) is 18.3. The Labute approximate surface area is 223 Å². The van der Waals surface area contributed by atoms with Crippen LogP contribution in [0.5, 0.6) is 11.5 Å². The first-order valence-electron chi connectivity index (χ1n) is 13.1. The highest BCUT2D eigenvalue weighted by atomic mass is 16.5. The van der Waals surface area contributed by atoms with Crippen LogP contribution in [0.3, 0.4) is 0 Å². The van der Waals surface area contributed by atoms with E-state index in [1.807, 2.05) is 45.0 Å². The summed E-state index contributed by atoms with van der Waals surface area (Å²) in [5.41, 5.74) is 6.90. The number of nitrogens with zero attached hydrogens (tertiary/aromatic N) is 1. The normalized spacial score (nSPS) is 16.4. The summed E-state index contributed by atoms with van der Waals surface area (Å²) in [5.74, 6) is 1.12. The average molecular weight is 509 g/mol. The van der Waals surface area contributed by atoms with Gasteiger partial charge in [-0.05, 0) is 99.4 Å². The number of aryl methyl sites for hydroxylation is 3. The second-order valence-corrected chi connectivity index (χ2v) is 10.4. The monoisotopic (exact) mass is 508 g/mol. The van der Waals surface area contributed by atoms with Crippen molar-refractivity contribution < 1.29 is 19.1 Å². The Morgan fingerprint density at radius 2 is 1.61 bits per heavy atom. The maximum absolute atomic E-state index is 13.5. The molecule has 38 heavy (non-hydrogen) atoms. The molecule has 0 unspecified atom stereocenters. The lowest BCUT2D eigenvalue weighted by atomic mass is 9.95. The molecule has 3 amide bonds. The van der Waals surface area contributed by atoms with Crippen molar-refractivity contribution in [3.05, 3.63) is 99.6 Å². The molecule has 1 aliphatic carbocycles. The lowest BCUT2D eigenvalue weighted by molar-refractivity contribution is -0.109. The molecule has 1 N–H and O–H groups in total. The minimum absolute atomic E-state index is 0.309. The van der Waals surface area contributed by atoms with Crippen molar-refractivity contribution in [3.8, 4) is 11.5 Å². The van der Waals surface area contributed by atoms with Gasteiger partial charge in [-0.3, -0.25) is 14.4 Å². The molecule has 3 aromatic carbocycles. The zero-order valence-electron chi connectivity index (χ0n) is 22.0. The molecule has 0 radical (unpaired) electrons. The number of imide groups is 1. The number of anilines is 1. The number of hydrogen-bond donors (Lipinski definition) is 1. The van der Waals surface area contributed by atoms with Gasteiger partial charge in [0.2, 0.25) is 6.41 Å². The van der Waals surface area contributed by atoms with Gasteiger partial charge >= 0.3 is 0 Å². The van der Waals surface area contributed by atoms with E-state index in [0.717, 1.165) is 48.8 Å². The predicted molar refractivity (Wildman–Crippen MR) is 148 cm³/mol. The Kier molecular flexibility index (Phi) is 7.14. The molecule has 0 aromatic heterocycles. The lowest BCUT2D eigenvalue weighted by Gasteiger charge is -2.21. The molecule has 1 aliphatic heterocycles. The molecular formula is C32H32N2O4. The van der Waals surface area contributed by atoms with Crippen molar-refractivity contribution >= 4 is 23.9 Å². The smallest absolute Gasteiger partial charge is 0.266 e. The number of amides is 3. The number of nitrogens with one attached hydrogen (secondary N) is 1. The van der Waals surface area contributed by atoms with E-state index < -0.39 is 0 Å². The fourth-order valence-electron chi connectivity index (χ4n) is 5.57. The molecule has 0 spiro atoms. The Hall–Kier alpha value is -4.19. The van der Waals surface area contributed by atoms with Gasteiger partial charge in [0, 0.05) is 6.54 Å². The minimum Gasteiger partial charge on any atom is -0.457 e. The highest BCUT2D eigenvalue weighted by Crippen LogP contribution is 2.37. The van der Waals surface area contributed by atoms with E-state index in [1.165, 1.54) is 16.0 Å². The quantitative estimate of drug-likeness (QED) is 0.161. The predicted octanol–water partition coefficient (Wildman–Crippen LogP) is 6.22. The molecule has 3 aromatic rings. The van der Waals surface area contributed by atoms with Crippen LogP contribution >= 0.6 is 0 Å². The number of ether oxygens (including phenoxy) is 1. The van der Waals surface area contributed by atoms with Gasteiger partial charge in [-0.15, -0.1) is 0 Å². The molecule has 2 aliphatic rings. The molecule has 0 saturated carbocycles. The van der Waals surface area contributed by atoms with E-state index in [1.54, 1.807) is 18.2 Å². The van der Waals surface area contributed by atoms with Crippen molar-refractivity contribution in [3.63, 3.8) is 0 Å². The maximum atomic E-state index is 13.5. The van der Waals surface area contributed by atoms with E-state index in [4.69, 9.17) is 4.74 Å². The summed E-state index contributed by atoms with van der Waals surface area (Å²) in [5, 5.41) is 2.75. The number of allylic oxidation sites excluding steroid dienone is 2. The third kappa shape index (κ3) is 5.12. The summed E-state index contributed by atoms with van der Waals surface area (Å²) < 4.78 is 5.94. The number of rotatable bonds is 9. The molecule has 6 nitrogen and oxygen atoms in total. The van der Waals surface area contributed by atoms with Crippen LogP contribution in [0.25, 0.3) is 0 Å². The number of hydrogen-bond acceptors (Lipinski definition) is 4. The summed E-state index contributed by atoms with van der Waals surface area (Å²) in [7, 11) is 0. The average Bonchev–Trinajstić information content (AvgIpc) is 3.43. The third-order valence-electron chi connectivity index (χ3n) is 7.39. The van der Waals surface area contributed by atoms with Crippen LogP contribution in [0.1, 0.15) is 62.2 Å².